The van der Waals surface area contributed by atoms with Gasteiger partial charge in [0.15, 0.2) is 0 Å². The van der Waals surface area contributed by atoms with Gasteiger partial charge in [0.05, 0.1) is 19.3 Å². The first-order valence-electron chi connectivity index (χ1n) is 8.25. The number of benzene rings is 2. The summed E-state index contributed by atoms with van der Waals surface area (Å²) in [7, 11) is 0. The standard InChI is InChI=1S/C19H16BrF2NO3/c20-13-3-6-16(22)15(8-13)19-10-26-17(11-1-4-14(21)5-2-11)7-12(19)9-25-18(24)23-19/h1-6,8,12,17H,7,9-10H2,(H,23,24)/t12-,17+,19-/m0/s1. The van der Waals surface area contributed by atoms with E-state index in [9.17, 15) is 13.6 Å². The van der Waals surface area contributed by atoms with Crippen molar-refractivity contribution in [1.29, 1.82) is 0 Å². The van der Waals surface area contributed by atoms with E-state index in [-0.39, 0.29) is 31.1 Å². The van der Waals surface area contributed by atoms with Gasteiger partial charge >= 0.3 is 6.09 Å². The van der Waals surface area contributed by atoms with Crippen LogP contribution in [0.5, 0.6) is 0 Å². The number of nitrogens with one attached hydrogen (secondary N) is 1. The second-order valence-corrected chi connectivity index (χ2v) is 7.52. The van der Waals surface area contributed by atoms with Crippen LogP contribution in [-0.4, -0.2) is 19.3 Å². The van der Waals surface area contributed by atoms with Gasteiger partial charge in [0.1, 0.15) is 17.2 Å². The van der Waals surface area contributed by atoms with Gasteiger partial charge in [-0.2, -0.15) is 0 Å². The minimum Gasteiger partial charge on any atom is -0.449 e. The van der Waals surface area contributed by atoms with E-state index in [0.29, 0.717) is 16.5 Å². The van der Waals surface area contributed by atoms with Crippen LogP contribution in [0, 0.1) is 17.6 Å². The third kappa shape index (κ3) is 2.99. The summed E-state index contributed by atoms with van der Waals surface area (Å²) in [5.74, 6) is -0.916. The van der Waals surface area contributed by atoms with Gasteiger partial charge in [-0.05, 0) is 42.3 Å². The Morgan fingerprint density at radius 3 is 2.69 bits per heavy atom. The first kappa shape index (κ1) is 17.4. The van der Waals surface area contributed by atoms with Crippen molar-refractivity contribution in [1.82, 2.24) is 5.32 Å². The summed E-state index contributed by atoms with van der Waals surface area (Å²) in [4.78, 5) is 11.9. The lowest BCUT2D eigenvalue weighted by Gasteiger charge is -2.49. The number of carbonyl (C=O) groups is 1. The highest BCUT2D eigenvalue weighted by molar-refractivity contribution is 9.10. The first-order valence-corrected chi connectivity index (χ1v) is 9.05. The van der Waals surface area contributed by atoms with Crippen molar-refractivity contribution in [3.63, 3.8) is 0 Å². The fourth-order valence-electron chi connectivity index (χ4n) is 3.73. The molecule has 2 aliphatic heterocycles. The number of halogens is 3. The zero-order valence-electron chi connectivity index (χ0n) is 13.7. The highest BCUT2D eigenvalue weighted by Gasteiger charge is 2.51. The van der Waals surface area contributed by atoms with Crippen LogP contribution in [0.1, 0.15) is 23.7 Å². The molecule has 26 heavy (non-hydrogen) atoms. The highest BCUT2D eigenvalue weighted by atomic mass is 79.9. The topological polar surface area (TPSA) is 47.6 Å². The Hall–Kier alpha value is -1.99. The van der Waals surface area contributed by atoms with Crippen LogP contribution in [0.2, 0.25) is 0 Å². The third-order valence-corrected chi connectivity index (χ3v) is 5.59. The number of fused-ring (bicyclic) bond motifs is 1. The molecule has 0 bridgehead atoms. The van der Waals surface area contributed by atoms with E-state index in [1.807, 2.05) is 0 Å². The third-order valence-electron chi connectivity index (χ3n) is 5.10. The number of amides is 1. The molecule has 136 valence electrons. The largest absolute Gasteiger partial charge is 0.449 e. The minimum absolute atomic E-state index is 0.0994. The summed E-state index contributed by atoms with van der Waals surface area (Å²) in [6, 6.07) is 10.7. The SMILES string of the molecule is O=C1N[C@@]2(c3cc(Br)ccc3F)CO[C@@H](c3ccc(F)cc3)C[C@H]2CO1. The predicted molar refractivity (Wildman–Crippen MR) is 93.5 cm³/mol. The van der Waals surface area contributed by atoms with Crippen molar-refractivity contribution in [3.8, 4) is 0 Å². The summed E-state index contributed by atoms with van der Waals surface area (Å²) < 4.78 is 39.7. The van der Waals surface area contributed by atoms with Gasteiger partial charge in [-0.15, -0.1) is 0 Å². The molecule has 7 heteroatoms. The number of cyclic esters (lactones) is 1. The molecule has 0 saturated carbocycles. The van der Waals surface area contributed by atoms with E-state index in [0.717, 1.165) is 5.56 Å². The molecule has 1 amide bonds. The Morgan fingerprint density at radius 1 is 1.15 bits per heavy atom. The van der Waals surface area contributed by atoms with Crippen molar-refractivity contribution in [2.75, 3.05) is 13.2 Å². The van der Waals surface area contributed by atoms with Gasteiger partial charge in [-0.1, -0.05) is 28.1 Å². The molecule has 0 radical (unpaired) electrons. The van der Waals surface area contributed by atoms with Crippen LogP contribution in [0.4, 0.5) is 13.6 Å². The second kappa shape index (κ2) is 6.63. The van der Waals surface area contributed by atoms with Crippen molar-refractivity contribution in [3.05, 3.63) is 69.7 Å². The zero-order valence-corrected chi connectivity index (χ0v) is 15.3. The average molecular weight is 424 g/mol. The molecule has 4 rings (SSSR count). The molecule has 2 aromatic carbocycles. The van der Waals surface area contributed by atoms with Crippen LogP contribution >= 0.6 is 15.9 Å². The van der Waals surface area contributed by atoms with E-state index in [1.54, 1.807) is 24.3 Å². The maximum atomic E-state index is 14.6. The lowest BCUT2D eigenvalue weighted by molar-refractivity contribution is -0.107. The maximum Gasteiger partial charge on any atom is 0.407 e. The quantitative estimate of drug-likeness (QED) is 0.776. The Kier molecular flexibility index (Phi) is 4.44. The average Bonchev–Trinajstić information content (AvgIpc) is 2.64. The van der Waals surface area contributed by atoms with Crippen LogP contribution in [0.25, 0.3) is 0 Å². The van der Waals surface area contributed by atoms with Gasteiger partial charge in [0.25, 0.3) is 0 Å². The zero-order chi connectivity index (χ0) is 18.3. The van der Waals surface area contributed by atoms with Gasteiger partial charge in [0.2, 0.25) is 0 Å². The molecular formula is C19H16BrF2NO3. The predicted octanol–water partition coefficient (Wildman–Crippen LogP) is 4.44. The van der Waals surface area contributed by atoms with E-state index in [1.165, 1.54) is 18.2 Å². The molecule has 0 aliphatic carbocycles. The van der Waals surface area contributed by atoms with Crippen LogP contribution in [-0.2, 0) is 15.0 Å². The lowest BCUT2D eigenvalue weighted by atomic mass is 9.73. The van der Waals surface area contributed by atoms with Crippen LogP contribution in [0.15, 0.2) is 46.9 Å². The molecule has 2 heterocycles. The lowest BCUT2D eigenvalue weighted by Crippen LogP contribution is -2.62. The highest BCUT2D eigenvalue weighted by Crippen LogP contribution is 2.45. The summed E-state index contributed by atoms with van der Waals surface area (Å²) in [5, 5.41) is 2.79. The van der Waals surface area contributed by atoms with E-state index in [2.05, 4.69) is 21.2 Å². The van der Waals surface area contributed by atoms with Crippen LogP contribution < -0.4 is 5.32 Å². The molecule has 2 aromatic rings. The van der Waals surface area contributed by atoms with E-state index >= 15 is 0 Å². The van der Waals surface area contributed by atoms with Gasteiger partial charge < -0.3 is 14.8 Å². The maximum absolute atomic E-state index is 14.6. The molecule has 0 aromatic heterocycles. The minimum atomic E-state index is -1.00. The summed E-state index contributed by atoms with van der Waals surface area (Å²) in [5.41, 5.74) is 0.206. The van der Waals surface area contributed by atoms with Gasteiger partial charge in [-0.25, -0.2) is 13.6 Å². The van der Waals surface area contributed by atoms with Crippen molar-refractivity contribution in [2.24, 2.45) is 5.92 Å². The Labute approximate surface area is 157 Å². The first-order chi connectivity index (χ1) is 12.5. The van der Waals surface area contributed by atoms with Crippen LogP contribution in [0.3, 0.4) is 0 Å². The Bertz CT molecular complexity index is 845. The van der Waals surface area contributed by atoms with Crippen molar-refractivity contribution in [2.45, 2.75) is 18.1 Å². The Balaban J connectivity index is 1.70. The number of rotatable bonds is 2. The van der Waals surface area contributed by atoms with E-state index in [4.69, 9.17) is 9.47 Å². The Morgan fingerprint density at radius 2 is 1.92 bits per heavy atom. The number of ether oxygens (including phenoxy) is 2. The van der Waals surface area contributed by atoms with Crippen molar-refractivity contribution < 1.29 is 23.0 Å². The van der Waals surface area contributed by atoms with E-state index < -0.39 is 17.4 Å². The molecule has 2 saturated heterocycles. The normalized spacial score (nSPS) is 28.0. The number of carbonyl (C=O) groups excluding carboxylic acids is 1. The molecule has 2 aliphatic rings. The van der Waals surface area contributed by atoms with Gasteiger partial charge in [0, 0.05) is 16.0 Å². The smallest absolute Gasteiger partial charge is 0.407 e. The second-order valence-electron chi connectivity index (χ2n) is 6.60. The molecule has 4 nitrogen and oxygen atoms in total. The fraction of sp³-hybridized carbons (Fsp3) is 0.316. The summed E-state index contributed by atoms with van der Waals surface area (Å²) in [6.07, 6.45) is -0.357. The summed E-state index contributed by atoms with van der Waals surface area (Å²) in [6.45, 7) is 0.265. The molecule has 0 unspecified atom stereocenters. The number of hydrogen-bond donors (Lipinski definition) is 1. The molecular weight excluding hydrogens is 408 g/mol. The number of alkyl carbamates (subject to hydrolysis) is 1. The summed E-state index contributed by atoms with van der Waals surface area (Å²) >= 11 is 3.36. The van der Waals surface area contributed by atoms with Gasteiger partial charge in [-0.3, -0.25) is 0 Å². The number of hydrogen-bond acceptors (Lipinski definition) is 3. The van der Waals surface area contributed by atoms with Crippen molar-refractivity contribution >= 4 is 22.0 Å². The molecule has 1 N–H and O–H groups in total. The molecule has 0 spiro atoms. The monoisotopic (exact) mass is 423 g/mol. The molecule has 2 fully saturated rings. The molecule has 3 atom stereocenters. The fourth-order valence-corrected chi connectivity index (χ4v) is 4.10.